The van der Waals surface area contributed by atoms with Crippen LogP contribution in [0.4, 0.5) is 22.7 Å². The van der Waals surface area contributed by atoms with Crippen LogP contribution in [0.5, 0.6) is 0 Å². The standard InChI is InChI=1S/C19H28N4O3/c20-16-5-1-3-7-18(16)22(9-11-24)13-15(26)14-23(10-12-25)19-8-4-2-6-17(19)21/h1-8,15,24-26H,9-14,20-21H2. The molecule has 0 unspecified atom stereocenters. The third-order valence-electron chi connectivity index (χ3n) is 4.16. The molecule has 0 radical (unpaired) electrons. The van der Waals surface area contributed by atoms with Crippen LogP contribution in [0.25, 0.3) is 0 Å². The van der Waals surface area contributed by atoms with Crippen molar-refractivity contribution in [2.45, 2.75) is 6.10 Å². The average Bonchev–Trinajstić information content (AvgIpc) is 2.62. The fourth-order valence-electron chi connectivity index (χ4n) is 2.98. The van der Waals surface area contributed by atoms with Gasteiger partial charge in [0, 0.05) is 26.2 Å². The first-order chi connectivity index (χ1) is 12.6. The van der Waals surface area contributed by atoms with Crippen LogP contribution in [-0.4, -0.2) is 60.8 Å². The molecule has 7 heteroatoms. The number of aliphatic hydroxyl groups excluding tert-OH is 3. The van der Waals surface area contributed by atoms with Gasteiger partial charge in [-0.1, -0.05) is 24.3 Å². The van der Waals surface area contributed by atoms with Gasteiger partial charge >= 0.3 is 0 Å². The lowest BCUT2D eigenvalue weighted by atomic mass is 10.2. The van der Waals surface area contributed by atoms with Gasteiger partial charge in [0.05, 0.1) is 42.1 Å². The zero-order valence-electron chi connectivity index (χ0n) is 14.8. The van der Waals surface area contributed by atoms with Gasteiger partial charge < -0.3 is 36.6 Å². The Bertz CT molecular complexity index is 626. The number of nitrogens with two attached hydrogens (primary N) is 2. The summed E-state index contributed by atoms with van der Waals surface area (Å²) in [5, 5.41) is 29.3. The minimum atomic E-state index is -0.729. The smallest absolute Gasteiger partial charge is 0.0889 e. The molecule has 0 aliphatic heterocycles. The van der Waals surface area contributed by atoms with Gasteiger partial charge in [0.2, 0.25) is 0 Å². The lowest BCUT2D eigenvalue weighted by Gasteiger charge is -2.32. The molecule has 0 amide bonds. The van der Waals surface area contributed by atoms with Crippen molar-refractivity contribution >= 4 is 22.7 Å². The van der Waals surface area contributed by atoms with Gasteiger partial charge in [0.1, 0.15) is 0 Å². The van der Waals surface area contributed by atoms with E-state index in [-0.39, 0.29) is 13.2 Å². The van der Waals surface area contributed by atoms with Gasteiger partial charge in [-0.15, -0.1) is 0 Å². The molecule has 2 rings (SSSR count). The SMILES string of the molecule is Nc1ccccc1N(CCO)CC(O)CN(CCO)c1ccccc1N. The third kappa shape index (κ3) is 5.26. The normalized spacial score (nSPS) is 10.9. The number of para-hydroxylation sites is 4. The van der Waals surface area contributed by atoms with Crippen molar-refractivity contribution in [1.29, 1.82) is 0 Å². The van der Waals surface area contributed by atoms with E-state index in [2.05, 4.69) is 0 Å². The van der Waals surface area contributed by atoms with E-state index in [4.69, 9.17) is 11.5 Å². The van der Waals surface area contributed by atoms with E-state index in [1.54, 1.807) is 12.1 Å². The van der Waals surface area contributed by atoms with E-state index in [1.165, 1.54) is 0 Å². The molecule has 0 aromatic heterocycles. The summed E-state index contributed by atoms with van der Waals surface area (Å²) in [5.41, 5.74) is 14.8. The predicted molar refractivity (Wildman–Crippen MR) is 106 cm³/mol. The van der Waals surface area contributed by atoms with Crippen LogP contribution < -0.4 is 21.3 Å². The maximum atomic E-state index is 10.6. The van der Waals surface area contributed by atoms with Gasteiger partial charge in [0.25, 0.3) is 0 Å². The van der Waals surface area contributed by atoms with Crippen LogP contribution in [-0.2, 0) is 0 Å². The topological polar surface area (TPSA) is 119 Å². The molecule has 7 nitrogen and oxygen atoms in total. The maximum Gasteiger partial charge on any atom is 0.0889 e. The largest absolute Gasteiger partial charge is 0.397 e. The summed E-state index contributed by atoms with van der Waals surface area (Å²) < 4.78 is 0. The second kappa shape index (κ2) is 9.86. The highest BCUT2D eigenvalue weighted by Crippen LogP contribution is 2.24. The Balaban J connectivity index is 2.11. The predicted octanol–water partition coefficient (Wildman–Crippen LogP) is 0.510. The van der Waals surface area contributed by atoms with Gasteiger partial charge in [-0.25, -0.2) is 0 Å². The Morgan fingerprint density at radius 3 is 1.46 bits per heavy atom. The number of anilines is 4. The summed E-state index contributed by atoms with van der Waals surface area (Å²) in [4.78, 5) is 3.71. The fraction of sp³-hybridized carbons (Fsp3) is 0.368. The van der Waals surface area contributed by atoms with Gasteiger partial charge in [-0.3, -0.25) is 0 Å². The molecule has 0 fully saturated rings. The van der Waals surface area contributed by atoms with Crippen LogP contribution in [0.3, 0.4) is 0 Å². The third-order valence-corrected chi connectivity index (χ3v) is 4.16. The molecule has 7 N–H and O–H groups in total. The van der Waals surface area contributed by atoms with E-state index < -0.39 is 6.10 Å². The van der Waals surface area contributed by atoms with Gasteiger partial charge in [-0.05, 0) is 24.3 Å². The fourth-order valence-corrected chi connectivity index (χ4v) is 2.98. The molecule has 26 heavy (non-hydrogen) atoms. The zero-order valence-corrected chi connectivity index (χ0v) is 14.8. The van der Waals surface area contributed by atoms with Crippen molar-refractivity contribution in [1.82, 2.24) is 0 Å². The number of aliphatic hydroxyl groups is 3. The first-order valence-electron chi connectivity index (χ1n) is 8.65. The maximum absolute atomic E-state index is 10.6. The monoisotopic (exact) mass is 360 g/mol. The first-order valence-corrected chi connectivity index (χ1v) is 8.65. The van der Waals surface area contributed by atoms with Crippen LogP contribution in [0.2, 0.25) is 0 Å². The molecule has 2 aromatic rings. The molecule has 0 bridgehead atoms. The van der Waals surface area contributed by atoms with E-state index in [9.17, 15) is 15.3 Å². The molecule has 0 saturated heterocycles. The van der Waals surface area contributed by atoms with Crippen LogP contribution >= 0.6 is 0 Å². The minimum absolute atomic E-state index is 0.0486. The molecular formula is C19H28N4O3. The number of nitrogen functional groups attached to an aromatic ring is 2. The molecule has 2 aromatic carbocycles. The van der Waals surface area contributed by atoms with Crippen LogP contribution in [0.1, 0.15) is 0 Å². The molecule has 0 spiro atoms. The summed E-state index contributed by atoms with van der Waals surface area (Å²) in [6.07, 6.45) is -0.729. The highest BCUT2D eigenvalue weighted by atomic mass is 16.3. The molecule has 0 aliphatic rings. The van der Waals surface area contributed by atoms with E-state index in [1.807, 2.05) is 46.2 Å². The van der Waals surface area contributed by atoms with E-state index >= 15 is 0 Å². The molecule has 0 saturated carbocycles. The highest BCUT2D eigenvalue weighted by molar-refractivity contribution is 5.68. The van der Waals surface area contributed by atoms with Crippen LogP contribution in [0.15, 0.2) is 48.5 Å². The highest BCUT2D eigenvalue weighted by Gasteiger charge is 2.18. The summed E-state index contributed by atoms with van der Waals surface area (Å²) >= 11 is 0. The number of benzene rings is 2. The Hall–Kier alpha value is -2.48. The second-order valence-electron chi connectivity index (χ2n) is 6.11. The molecule has 0 atom stereocenters. The van der Waals surface area contributed by atoms with Crippen LogP contribution in [0, 0.1) is 0 Å². The zero-order chi connectivity index (χ0) is 18.9. The Morgan fingerprint density at radius 1 is 0.731 bits per heavy atom. The Morgan fingerprint density at radius 2 is 1.12 bits per heavy atom. The quantitative estimate of drug-likeness (QED) is 0.392. The second-order valence-corrected chi connectivity index (χ2v) is 6.11. The lowest BCUT2D eigenvalue weighted by molar-refractivity contribution is 0.180. The first kappa shape index (κ1) is 19.8. The molecule has 0 aliphatic carbocycles. The number of rotatable bonds is 10. The van der Waals surface area contributed by atoms with Crippen molar-refractivity contribution in [3.05, 3.63) is 48.5 Å². The Labute approximate surface area is 154 Å². The van der Waals surface area contributed by atoms with E-state index in [0.717, 1.165) is 11.4 Å². The number of hydrogen-bond donors (Lipinski definition) is 5. The van der Waals surface area contributed by atoms with Crippen molar-refractivity contribution in [3.8, 4) is 0 Å². The molecular weight excluding hydrogens is 332 g/mol. The molecule has 142 valence electrons. The molecule has 0 heterocycles. The number of nitrogens with zero attached hydrogens (tertiary/aromatic N) is 2. The number of hydrogen-bond acceptors (Lipinski definition) is 7. The average molecular weight is 360 g/mol. The van der Waals surface area contributed by atoms with Gasteiger partial charge in [0.15, 0.2) is 0 Å². The summed E-state index contributed by atoms with van der Waals surface area (Å²) in [5.74, 6) is 0. The van der Waals surface area contributed by atoms with Crippen molar-refractivity contribution in [2.24, 2.45) is 0 Å². The summed E-state index contributed by atoms with van der Waals surface area (Å²) in [6.45, 7) is 1.21. The minimum Gasteiger partial charge on any atom is -0.397 e. The Kier molecular flexibility index (Phi) is 7.53. The van der Waals surface area contributed by atoms with Gasteiger partial charge in [-0.2, -0.15) is 0 Å². The van der Waals surface area contributed by atoms with Crippen molar-refractivity contribution in [2.75, 3.05) is 60.7 Å². The van der Waals surface area contributed by atoms with Crippen molar-refractivity contribution in [3.63, 3.8) is 0 Å². The summed E-state index contributed by atoms with van der Waals surface area (Å²) in [7, 11) is 0. The summed E-state index contributed by atoms with van der Waals surface area (Å²) in [6, 6.07) is 14.7. The lowest BCUT2D eigenvalue weighted by Crippen LogP contribution is -2.42. The van der Waals surface area contributed by atoms with Crippen molar-refractivity contribution < 1.29 is 15.3 Å². The van der Waals surface area contributed by atoms with E-state index in [0.29, 0.717) is 37.6 Å².